The molecule has 6 aliphatic rings. The zero-order valence-electron chi connectivity index (χ0n) is 19.2. The first kappa shape index (κ1) is 19.9. The van der Waals surface area contributed by atoms with Crippen LogP contribution in [0.3, 0.4) is 0 Å². The summed E-state index contributed by atoms with van der Waals surface area (Å²) in [7, 11) is 1.36. The molecule has 6 atom stereocenters. The van der Waals surface area contributed by atoms with Crippen molar-refractivity contribution in [3.63, 3.8) is 0 Å². The van der Waals surface area contributed by atoms with Gasteiger partial charge < -0.3 is 23.5 Å². The Morgan fingerprint density at radius 2 is 1.84 bits per heavy atom. The second kappa shape index (κ2) is 5.99. The van der Waals surface area contributed by atoms with Gasteiger partial charge in [-0.3, -0.25) is 0 Å². The van der Waals surface area contributed by atoms with Gasteiger partial charge >= 0.3 is 13.1 Å². The molecule has 0 N–H and O–H groups in total. The fourth-order valence-corrected chi connectivity index (χ4v) is 6.84. The average Bonchev–Trinajstić information content (AvgIpc) is 3.39. The van der Waals surface area contributed by atoms with E-state index in [2.05, 4.69) is 20.8 Å². The Kier molecular flexibility index (Phi) is 3.85. The van der Waals surface area contributed by atoms with Crippen LogP contribution < -0.4 is 9.47 Å². The number of esters is 1. The highest BCUT2D eigenvalue weighted by atomic mass is 16.7. The number of hydrogen-bond acceptors (Lipinski definition) is 6. The lowest BCUT2D eigenvalue weighted by atomic mass is 9.43. The van der Waals surface area contributed by atoms with Crippen molar-refractivity contribution in [2.75, 3.05) is 7.11 Å². The fourth-order valence-electron chi connectivity index (χ4n) is 6.84. The van der Waals surface area contributed by atoms with Gasteiger partial charge in [-0.25, -0.2) is 4.79 Å². The smallest absolute Gasteiger partial charge is 0.461 e. The van der Waals surface area contributed by atoms with Gasteiger partial charge in [-0.15, -0.1) is 0 Å². The standard InChI is InChI=1S/C24H31BO6/c1-22(2)12-9-17(22)24(5)18(10-12)30-25(31-24)15-11-14(15)13-7-8-16(27-6)19-20(13)28-23(3,4)29-21(19)26/h7-8,12,14-15,17-18H,9-11H2,1-6H3/t12?,14?,15?,17?,18?,24-/m0/s1. The van der Waals surface area contributed by atoms with E-state index >= 15 is 0 Å². The molecule has 0 radical (unpaired) electrons. The third kappa shape index (κ3) is 2.62. The number of benzene rings is 1. The number of rotatable bonds is 3. The van der Waals surface area contributed by atoms with Crippen LogP contribution in [0.1, 0.15) is 75.7 Å². The molecule has 4 aliphatic carbocycles. The normalized spacial score (nSPS) is 40.8. The van der Waals surface area contributed by atoms with Crippen LogP contribution in [0.5, 0.6) is 11.5 Å². The summed E-state index contributed by atoms with van der Waals surface area (Å²) in [4.78, 5) is 12.7. The molecule has 2 aliphatic heterocycles. The number of fused-ring (bicyclic) bond motifs is 1. The number of hydrogen-bond donors (Lipinski definition) is 0. The third-order valence-corrected chi connectivity index (χ3v) is 8.82. The van der Waals surface area contributed by atoms with Gasteiger partial charge in [-0.05, 0) is 61.0 Å². The topological polar surface area (TPSA) is 63.2 Å². The van der Waals surface area contributed by atoms with E-state index in [9.17, 15) is 4.79 Å². The molecule has 0 amide bonds. The van der Waals surface area contributed by atoms with Crippen LogP contribution in [0.15, 0.2) is 12.1 Å². The largest absolute Gasteiger partial charge is 0.496 e. The minimum Gasteiger partial charge on any atom is -0.496 e. The molecule has 2 heterocycles. The quantitative estimate of drug-likeness (QED) is 0.522. The van der Waals surface area contributed by atoms with Crippen LogP contribution in [-0.2, 0) is 14.0 Å². The third-order valence-electron chi connectivity index (χ3n) is 8.82. The van der Waals surface area contributed by atoms with Crippen molar-refractivity contribution in [3.8, 4) is 11.5 Å². The zero-order chi connectivity index (χ0) is 21.9. The first-order chi connectivity index (χ1) is 14.5. The number of carbonyl (C=O) groups is 1. The van der Waals surface area contributed by atoms with E-state index in [-0.39, 0.29) is 30.6 Å². The molecule has 1 aromatic carbocycles. The number of methoxy groups -OCH3 is 1. The summed E-state index contributed by atoms with van der Waals surface area (Å²) < 4.78 is 30.2. The summed E-state index contributed by atoms with van der Waals surface area (Å²) in [6, 6.07) is 3.85. The van der Waals surface area contributed by atoms with Crippen LogP contribution in [0.4, 0.5) is 0 Å². The van der Waals surface area contributed by atoms with Crippen molar-refractivity contribution < 1.29 is 28.3 Å². The van der Waals surface area contributed by atoms with Gasteiger partial charge in [0.1, 0.15) is 17.1 Å². The molecule has 5 fully saturated rings. The number of cyclic esters (lactones) is 1. The summed E-state index contributed by atoms with van der Waals surface area (Å²) in [5.41, 5.74) is 1.53. The molecule has 0 aromatic heterocycles. The lowest BCUT2D eigenvalue weighted by Gasteiger charge is -2.64. The fraction of sp³-hybridized carbons (Fsp3) is 0.708. The van der Waals surface area contributed by atoms with Gasteiger partial charge in [0, 0.05) is 19.7 Å². The Bertz CT molecular complexity index is 973. The molecular weight excluding hydrogens is 395 g/mol. The monoisotopic (exact) mass is 426 g/mol. The molecule has 7 heteroatoms. The predicted octanol–water partition coefficient (Wildman–Crippen LogP) is 4.57. The van der Waals surface area contributed by atoms with Gasteiger partial charge in [0.25, 0.3) is 0 Å². The number of carbonyl (C=O) groups excluding carboxylic acids is 1. The Balaban J connectivity index is 1.28. The number of ether oxygens (including phenoxy) is 3. The van der Waals surface area contributed by atoms with Crippen LogP contribution in [-0.4, -0.2) is 37.7 Å². The van der Waals surface area contributed by atoms with E-state index < -0.39 is 11.8 Å². The first-order valence-electron chi connectivity index (χ1n) is 11.5. The molecule has 5 unspecified atom stereocenters. The highest BCUT2D eigenvalue weighted by Crippen LogP contribution is 2.68. The van der Waals surface area contributed by atoms with Crippen LogP contribution >= 0.6 is 0 Å². The lowest BCUT2D eigenvalue weighted by molar-refractivity contribution is -0.199. The molecule has 0 spiro atoms. The van der Waals surface area contributed by atoms with Gasteiger partial charge in [0.2, 0.25) is 5.79 Å². The average molecular weight is 426 g/mol. The molecule has 7 rings (SSSR count). The maximum Gasteiger partial charge on any atom is 0.461 e. The summed E-state index contributed by atoms with van der Waals surface area (Å²) in [6.45, 7) is 10.5. The van der Waals surface area contributed by atoms with Gasteiger partial charge in [0.15, 0.2) is 0 Å². The summed E-state index contributed by atoms with van der Waals surface area (Å²) >= 11 is 0. The Morgan fingerprint density at radius 3 is 2.55 bits per heavy atom. The second-order valence-corrected chi connectivity index (χ2v) is 11.3. The van der Waals surface area contributed by atoms with E-state index in [1.54, 1.807) is 21.0 Å². The van der Waals surface area contributed by atoms with Crippen molar-refractivity contribution in [2.45, 2.75) is 83.1 Å². The molecular formula is C24H31BO6. The minimum absolute atomic E-state index is 0.186. The van der Waals surface area contributed by atoms with Crippen molar-refractivity contribution in [1.82, 2.24) is 0 Å². The van der Waals surface area contributed by atoms with Crippen LogP contribution in [0, 0.1) is 17.3 Å². The summed E-state index contributed by atoms with van der Waals surface area (Å²) in [5, 5.41) is 0. The first-order valence-corrected chi connectivity index (χ1v) is 11.5. The highest BCUT2D eigenvalue weighted by molar-refractivity contribution is 6.49. The second-order valence-electron chi connectivity index (χ2n) is 11.3. The van der Waals surface area contributed by atoms with E-state index in [1.807, 2.05) is 12.1 Å². The van der Waals surface area contributed by atoms with Gasteiger partial charge in [-0.2, -0.15) is 0 Å². The van der Waals surface area contributed by atoms with Crippen molar-refractivity contribution in [1.29, 1.82) is 0 Å². The van der Waals surface area contributed by atoms with Crippen molar-refractivity contribution in [3.05, 3.63) is 23.3 Å². The van der Waals surface area contributed by atoms with Crippen LogP contribution in [0.2, 0.25) is 5.82 Å². The predicted molar refractivity (Wildman–Crippen MR) is 114 cm³/mol. The Labute approximate surface area is 184 Å². The molecule has 1 saturated heterocycles. The minimum atomic E-state index is -1.01. The molecule has 31 heavy (non-hydrogen) atoms. The van der Waals surface area contributed by atoms with Crippen molar-refractivity contribution >= 4 is 13.1 Å². The lowest BCUT2D eigenvalue weighted by Crippen LogP contribution is -2.65. The van der Waals surface area contributed by atoms with E-state index in [4.69, 9.17) is 23.5 Å². The molecule has 6 nitrogen and oxygen atoms in total. The molecule has 2 bridgehead atoms. The Morgan fingerprint density at radius 1 is 1.06 bits per heavy atom. The van der Waals surface area contributed by atoms with E-state index in [0.29, 0.717) is 28.4 Å². The van der Waals surface area contributed by atoms with Gasteiger partial charge in [-0.1, -0.05) is 19.9 Å². The van der Waals surface area contributed by atoms with E-state index in [0.717, 1.165) is 24.3 Å². The SMILES string of the molecule is COc1ccc(C2CC2B2OC3CC4CC(C4(C)C)[C@]3(C)O2)c2c1C(=O)OC(C)(C)O2. The highest BCUT2D eigenvalue weighted by Gasteiger charge is 2.70. The van der Waals surface area contributed by atoms with Gasteiger partial charge in [0.05, 0.1) is 18.8 Å². The Hall–Kier alpha value is -1.73. The van der Waals surface area contributed by atoms with Crippen LogP contribution in [0.25, 0.3) is 0 Å². The summed E-state index contributed by atoms with van der Waals surface area (Å²) in [6.07, 6.45) is 3.49. The molecule has 166 valence electrons. The van der Waals surface area contributed by atoms with E-state index in [1.165, 1.54) is 6.42 Å². The van der Waals surface area contributed by atoms with Crippen molar-refractivity contribution in [2.24, 2.45) is 17.3 Å². The maximum atomic E-state index is 12.7. The maximum absolute atomic E-state index is 12.7. The molecule has 1 aromatic rings. The summed E-state index contributed by atoms with van der Waals surface area (Å²) in [5.74, 6) is 1.44. The molecule has 4 saturated carbocycles. The zero-order valence-corrected chi connectivity index (χ0v) is 19.2.